The molecule has 1 unspecified atom stereocenters. The number of aromatic nitrogens is 2. The molecule has 3 heteroatoms. The van der Waals surface area contributed by atoms with Crippen molar-refractivity contribution in [1.29, 1.82) is 0 Å². The second kappa shape index (κ2) is 3.64. The first kappa shape index (κ1) is 9.56. The highest BCUT2D eigenvalue weighted by Crippen LogP contribution is 2.34. The Kier molecular flexibility index (Phi) is 2.48. The van der Waals surface area contributed by atoms with Crippen LogP contribution in [0.3, 0.4) is 0 Å². The van der Waals surface area contributed by atoms with E-state index in [1.54, 1.807) is 0 Å². The third kappa shape index (κ3) is 1.76. The van der Waals surface area contributed by atoms with E-state index in [2.05, 4.69) is 18.9 Å². The molecule has 78 valence electrons. The van der Waals surface area contributed by atoms with E-state index in [1.807, 2.05) is 10.7 Å². The van der Waals surface area contributed by atoms with Crippen LogP contribution < -0.4 is 5.73 Å². The summed E-state index contributed by atoms with van der Waals surface area (Å²) in [7, 11) is 0. The zero-order valence-electron chi connectivity index (χ0n) is 9.03. The van der Waals surface area contributed by atoms with Crippen molar-refractivity contribution in [2.24, 2.45) is 11.8 Å². The molecule has 0 radical (unpaired) electrons. The van der Waals surface area contributed by atoms with E-state index in [0.717, 1.165) is 18.4 Å². The van der Waals surface area contributed by atoms with Crippen LogP contribution >= 0.6 is 0 Å². The van der Waals surface area contributed by atoms with Gasteiger partial charge in [-0.2, -0.15) is 5.10 Å². The molecule has 0 amide bonds. The fourth-order valence-corrected chi connectivity index (χ4v) is 2.15. The highest BCUT2D eigenvalue weighted by molar-refractivity contribution is 5.28. The van der Waals surface area contributed by atoms with E-state index in [-0.39, 0.29) is 0 Å². The summed E-state index contributed by atoms with van der Waals surface area (Å²) in [6.45, 7) is 5.41. The minimum absolute atomic E-state index is 0.642. The average Bonchev–Trinajstić information content (AvgIpc) is 2.26. The molecule has 2 rings (SSSR count). The van der Waals surface area contributed by atoms with E-state index in [1.165, 1.54) is 25.0 Å². The molecule has 0 spiro atoms. The van der Waals surface area contributed by atoms with Crippen LogP contribution in [0.15, 0.2) is 6.07 Å². The van der Waals surface area contributed by atoms with Gasteiger partial charge in [-0.25, -0.2) is 0 Å². The van der Waals surface area contributed by atoms with Gasteiger partial charge in [0.15, 0.2) is 0 Å². The van der Waals surface area contributed by atoms with E-state index >= 15 is 0 Å². The Labute approximate surface area is 85.3 Å². The molecule has 3 nitrogen and oxygen atoms in total. The van der Waals surface area contributed by atoms with E-state index < -0.39 is 0 Å². The molecule has 1 aliphatic rings. The van der Waals surface area contributed by atoms with E-state index in [0.29, 0.717) is 5.82 Å². The maximum Gasteiger partial charge on any atom is 0.145 e. The first-order valence-electron chi connectivity index (χ1n) is 5.46. The lowest BCUT2D eigenvalue weighted by atomic mass is 9.77. The summed E-state index contributed by atoms with van der Waals surface area (Å²) >= 11 is 0. The van der Waals surface area contributed by atoms with Crippen LogP contribution in [0.1, 0.15) is 31.9 Å². The molecule has 1 saturated carbocycles. The molecule has 1 fully saturated rings. The van der Waals surface area contributed by atoms with Crippen molar-refractivity contribution in [3.63, 3.8) is 0 Å². The number of aryl methyl sites for hydroxylation is 1. The van der Waals surface area contributed by atoms with Crippen LogP contribution in [-0.2, 0) is 6.54 Å². The lowest BCUT2D eigenvalue weighted by Crippen LogP contribution is -2.24. The highest BCUT2D eigenvalue weighted by atomic mass is 15.3. The van der Waals surface area contributed by atoms with Crippen LogP contribution in [0.4, 0.5) is 5.82 Å². The number of nitrogens with zero attached hydrogens (tertiary/aromatic N) is 2. The van der Waals surface area contributed by atoms with Crippen LogP contribution in [0.25, 0.3) is 0 Å². The zero-order valence-corrected chi connectivity index (χ0v) is 9.03. The molecule has 1 heterocycles. The Morgan fingerprint density at radius 1 is 1.64 bits per heavy atom. The fraction of sp³-hybridized carbons (Fsp3) is 0.727. The molecule has 1 aromatic heterocycles. The van der Waals surface area contributed by atoms with Crippen molar-refractivity contribution in [1.82, 2.24) is 9.78 Å². The summed E-state index contributed by atoms with van der Waals surface area (Å²) in [4.78, 5) is 0. The largest absolute Gasteiger partial charge is 0.382 e. The maximum atomic E-state index is 5.65. The van der Waals surface area contributed by atoms with Crippen molar-refractivity contribution in [3.05, 3.63) is 11.8 Å². The lowest BCUT2D eigenvalue weighted by molar-refractivity contribution is 0.195. The van der Waals surface area contributed by atoms with Gasteiger partial charge < -0.3 is 5.73 Å². The normalized spacial score (nSPS) is 19.3. The van der Waals surface area contributed by atoms with Crippen LogP contribution in [0.2, 0.25) is 0 Å². The molecule has 0 aromatic carbocycles. The van der Waals surface area contributed by atoms with Crippen molar-refractivity contribution in [2.75, 3.05) is 5.73 Å². The molecule has 1 aromatic rings. The third-order valence-corrected chi connectivity index (χ3v) is 3.42. The zero-order chi connectivity index (χ0) is 10.1. The smallest absolute Gasteiger partial charge is 0.145 e. The van der Waals surface area contributed by atoms with Gasteiger partial charge in [0.05, 0.1) is 0 Å². The van der Waals surface area contributed by atoms with Gasteiger partial charge >= 0.3 is 0 Å². The molecule has 2 N–H and O–H groups in total. The Bertz CT molecular complexity index is 312. The summed E-state index contributed by atoms with van der Waals surface area (Å²) in [5.74, 6) is 2.30. The number of hydrogen-bond donors (Lipinski definition) is 1. The standard InChI is InChI=1S/C11H19N3/c1-8(10-4-3-5-10)7-14-9(2)6-11(12)13-14/h6,8,10H,3-5,7H2,1-2H3,(H2,12,13). The van der Waals surface area contributed by atoms with E-state index in [4.69, 9.17) is 5.73 Å². The van der Waals surface area contributed by atoms with E-state index in [9.17, 15) is 0 Å². The molecule has 1 atom stereocenters. The van der Waals surface area contributed by atoms with Gasteiger partial charge in [0.1, 0.15) is 5.82 Å². The van der Waals surface area contributed by atoms with Crippen molar-refractivity contribution < 1.29 is 0 Å². The fourth-order valence-electron chi connectivity index (χ4n) is 2.15. The summed E-state index contributed by atoms with van der Waals surface area (Å²) < 4.78 is 2.04. The first-order chi connectivity index (χ1) is 6.66. The second-order valence-corrected chi connectivity index (χ2v) is 4.56. The van der Waals surface area contributed by atoms with Gasteiger partial charge in [-0.05, 0) is 18.8 Å². The number of nitrogens with two attached hydrogens (primary N) is 1. The summed E-state index contributed by atoms with van der Waals surface area (Å²) in [6, 6.07) is 1.94. The molecular formula is C11H19N3. The third-order valence-electron chi connectivity index (χ3n) is 3.42. The predicted molar refractivity (Wildman–Crippen MR) is 57.9 cm³/mol. The first-order valence-corrected chi connectivity index (χ1v) is 5.46. The van der Waals surface area contributed by atoms with Crippen LogP contribution in [0, 0.1) is 18.8 Å². The molecule has 0 bridgehead atoms. The minimum Gasteiger partial charge on any atom is -0.382 e. The van der Waals surface area contributed by atoms with Crippen molar-refractivity contribution in [2.45, 2.75) is 39.7 Å². The van der Waals surface area contributed by atoms with Gasteiger partial charge in [-0.3, -0.25) is 4.68 Å². The Morgan fingerprint density at radius 3 is 2.79 bits per heavy atom. The van der Waals surface area contributed by atoms with Crippen LogP contribution in [-0.4, -0.2) is 9.78 Å². The van der Waals surface area contributed by atoms with Crippen molar-refractivity contribution >= 4 is 5.82 Å². The summed E-state index contributed by atoms with van der Waals surface area (Å²) in [5.41, 5.74) is 6.82. The van der Waals surface area contributed by atoms with Crippen molar-refractivity contribution in [3.8, 4) is 0 Å². The monoisotopic (exact) mass is 193 g/mol. The summed E-state index contributed by atoms with van der Waals surface area (Å²) in [5, 5.41) is 4.29. The van der Waals surface area contributed by atoms with Gasteiger partial charge in [-0.15, -0.1) is 0 Å². The molecule has 0 saturated heterocycles. The average molecular weight is 193 g/mol. The topological polar surface area (TPSA) is 43.8 Å². The number of nitrogen functional groups attached to an aromatic ring is 1. The minimum atomic E-state index is 0.642. The van der Waals surface area contributed by atoms with Gasteiger partial charge in [-0.1, -0.05) is 26.2 Å². The molecular weight excluding hydrogens is 174 g/mol. The molecule has 14 heavy (non-hydrogen) atoms. The summed E-state index contributed by atoms with van der Waals surface area (Å²) in [6.07, 6.45) is 4.21. The predicted octanol–water partition coefficient (Wildman–Crippen LogP) is 2.21. The number of rotatable bonds is 3. The quantitative estimate of drug-likeness (QED) is 0.799. The molecule has 0 aliphatic heterocycles. The number of hydrogen-bond acceptors (Lipinski definition) is 2. The van der Waals surface area contributed by atoms with Gasteiger partial charge in [0.2, 0.25) is 0 Å². The maximum absolute atomic E-state index is 5.65. The number of anilines is 1. The SMILES string of the molecule is Cc1cc(N)nn1CC(C)C1CCC1. The van der Waals surface area contributed by atoms with Crippen LogP contribution in [0.5, 0.6) is 0 Å². The van der Waals surface area contributed by atoms with Gasteiger partial charge in [0.25, 0.3) is 0 Å². The second-order valence-electron chi connectivity index (χ2n) is 4.56. The Morgan fingerprint density at radius 2 is 2.36 bits per heavy atom. The molecule has 1 aliphatic carbocycles. The van der Waals surface area contributed by atoms with Gasteiger partial charge in [0, 0.05) is 18.3 Å². The lowest BCUT2D eigenvalue weighted by Gasteiger charge is -2.31. The Balaban J connectivity index is 1.98. The Hall–Kier alpha value is -0.990. The highest BCUT2D eigenvalue weighted by Gasteiger charge is 2.24.